The summed E-state index contributed by atoms with van der Waals surface area (Å²) in [7, 11) is 0. The fourth-order valence-electron chi connectivity index (χ4n) is 2.86. The van der Waals surface area contributed by atoms with Gasteiger partial charge in [-0.3, -0.25) is 0 Å². The third-order valence-electron chi connectivity index (χ3n) is 4.56. The van der Waals surface area contributed by atoms with Gasteiger partial charge in [-0.1, -0.05) is 127 Å². The molecule has 0 saturated heterocycles. The Morgan fingerprint density at radius 3 is 1.46 bits per heavy atom. The van der Waals surface area contributed by atoms with Gasteiger partial charge in [0.15, 0.2) is 0 Å². The lowest BCUT2D eigenvalue weighted by molar-refractivity contribution is 1.09. The zero-order chi connectivity index (χ0) is 20.1. The minimum absolute atomic E-state index is 0.0867. The quantitative estimate of drug-likeness (QED) is 0.318. The van der Waals surface area contributed by atoms with E-state index in [-0.39, 0.29) is 5.92 Å². The van der Waals surface area contributed by atoms with Crippen LogP contribution >= 0.6 is 43.5 Å². The first-order chi connectivity index (χ1) is 13.4. The summed E-state index contributed by atoms with van der Waals surface area (Å²) in [5.41, 5.74) is 5.99. The summed E-state index contributed by atoms with van der Waals surface area (Å²) in [6.45, 7) is 4.19. The average Bonchev–Trinajstić information content (AvgIpc) is 2.69. The predicted octanol–water partition coefficient (Wildman–Crippen LogP) is 8.91. The van der Waals surface area contributed by atoms with Crippen molar-refractivity contribution in [1.29, 1.82) is 0 Å². The van der Waals surface area contributed by atoms with Gasteiger partial charge in [0.1, 0.15) is 0 Å². The van der Waals surface area contributed by atoms with E-state index < -0.39 is 0 Å². The van der Waals surface area contributed by atoms with Crippen molar-refractivity contribution in [2.75, 3.05) is 0 Å². The van der Waals surface area contributed by atoms with Crippen LogP contribution in [-0.2, 0) is 0 Å². The fourth-order valence-corrected chi connectivity index (χ4v) is 4.08. The van der Waals surface area contributed by atoms with E-state index in [2.05, 4.69) is 119 Å². The third kappa shape index (κ3) is 5.70. The number of allylic oxidation sites excluding steroid dienone is 2. The normalized spacial score (nSPS) is 13.5. The molecule has 0 spiro atoms. The van der Waals surface area contributed by atoms with Crippen molar-refractivity contribution in [3.8, 4) is 0 Å². The van der Waals surface area contributed by atoms with E-state index in [0.717, 1.165) is 25.1 Å². The smallest absolute Gasteiger partial charge is 0.0406 e. The molecule has 0 saturated carbocycles. The number of hydrogen-bond donors (Lipinski definition) is 0. The molecule has 0 heterocycles. The first kappa shape index (κ1) is 21.1. The fraction of sp³-hybridized carbons (Fsp3) is 0.120. The molecule has 1 atom stereocenters. The molecular formula is C25H21Br2Cl. The van der Waals surface area contributed by atoms with Gasteiger partial charge < -0.3 is 0 Å². The predicted molar refractivity (Wildman–Crippen MR) is 130 cm³/mol. The van der Waals surface area contributed by atoms with Gasteiger partial charge in [-0.15, -0.1) is 0 Å². The Labute approximate surface area is 189 Å². The van der Waals surface area contributed by atoms with Crippen molar-refractivity contribution in [3.63, 3.8) is 0 Å². The lowest BCUT2D eigenvalue weighted by Crippen LogP contribution is -1.93. The lowest BCUT2D eigenvalue weighted by Gasteiger charge is -2.13. The molecule has 0 aliphatic rings. The number of halogens is 3. The topological polar surface area (TPSA) is 0 Å². The number of benzene rings is 3. The molecule has 0 amide bonds. The van der Waals surface area contributed by atoms with Crippen LogP contribution in [0.1, 0.15) is 33.7 Å². The first-order valence-electron chi connectivity index (χ1n) is 9.06. The second-order valence-corrected chi connectivity index (χ2v) is 8.98. The molecule has 0 bridgehead atoms. The Balaban J connectivity index is 2.00. The lowest BCUT2D eigenvalue weighted by atomic mass is 9.96. The molecule has 0 N–H and O–H groups in total. The summed E-state index contributed by atoms with van der Waals surface area (Å²) in [5.74, 6) is 0.0867. The Kier molecular flexibility index (Phi) is 7.34. The summed E-state index contributed by atoms with van der Waals surface area (Å²) in [6.07, 6.45) is 4.45. The van der Waals surface area contributed by atoms with Gasteiger partial charge in [0, 0.05) is 19.9 Å². The van der Waals surface area contributed by atoms with Crippen molar-refractivity contribution < 1.29 is 0 Å². The summed E-state index contributed by atoms with van der Waals surface area (Å²) in [5, 5.41) is 0.741. The highest BCUT2D eigenvalue weighted by Gasteiger charge is 2.10. The average molecular weight is 517 g/mol. The van der Waals surface area contributed by atoms with Crippen molar-refractivity contribution in [1.82, 2.24) is 0 Å². The Hall–Kier alpha value is -1.61. The van der Waals surface area contributed by atoms with Crippen molar-refractivity contribution in [2.45, 2.75) is 19.8 Å². The maximum absolute atomic E-state index is 6.10. The number of rotatable bonds is 5. The Morgan fingerprint density at radius 2 is 1.07 bits per heavy atom. The zero-order valence-electron chi connectivity index (χ0n) is 15.8. The van der Waals surface area contributed by atoms with Gasteiger partial charge in [0.25, 0.3) is 0 Å². The largest absolute Gasteiger partial charge is 0.0843 e. The Bertz CT molecular complexity index is 921. The molecule has 0 radical (unpaired) electrons. The molecule has 0 aliphatic carbocycles. The van der Waals surface area contributed by atoms with Crippen LogP contribution in [0, 0.1) is 13.8 Å². The second kappa shape index (κ2) is 9.73. The van der Waals surface area contributed by atoms with Gasteiger partial charge in [0.05, 0.1) is 0 Å². The summed E-state index contributed by atoms with van der Waals surface area (Å²) in [6, 6.07) is 25.0. The van der Waals surface area contributed by atoms with E-state index in [1.54, 1.807) is 0 Å². The number of aryl methyl sites for hydroxylation is 2. The molecule has 0 fully saturated rings. The van der Waals surface area contributed by atoms with Gasteiger partial charge >= 0.3 is 0 Å². The highest BCUT2D eigenvalue weighted by Crippen LogP contribution is 2.33. The van der Waals surface area contributed by atoms with Gasteiger partial charge in [-0.25, -0.2) is 0 Å². The highest BCUT2D eigenvalue weighted by atomic mass is 79.9. The molecule has 28 heavy (non-hydrogen) atoms. The van der Waals surface area contributed by atoms with Crippen molar-refractivity contribution in [2.24, 2.45) is 0 Å². The van der Waals surface area contributed by atoms with Crippen molar-refractivity contribution in [3.05, 3.63) is 118 Å². The highest BCUT2D eigenvalue weighted by molar-refractivity contribution is 9.15. The minimum atomic E-state index is 0.0867. The van der Waals surface area contributed by atoms with Crippen LogP contribution in [0.5, 0.6) is 0 Å². The molecule has 0 aromatic heterocycles. The van der Waals surface area contributed by atoms with Gasteiger partial charge in [0.2, 0.25) is 0 Å². The molecular weight excluding hydrogens is 496 g/mol. The third-order valence-corrected chi connectivity index (χ3v) is 6.26. The first-order valence-corrected chi connectivity index (χ1v) is 11.0. The molecule has 3 aromatic rings. The molecule has 0 aliphatic heterocycles. The second-order valence-electron chi connectivity index (χ2n) is 6.84. The molecule has 3 aromatic carbocycles. The van der Waals surface area contributed by atoms with Crippen molar-refractivity contribution >= 4 is 52.4 Å². The number of hydrogen-bond acceptors (Lipinski definition) is 0. The van der Waals surface area contributed by atoms with E-state index in [9.17, 15) is 0 Å². The summed E-state index contributed by atoms with van der Waals surface area (Å²) < 4.78 is 2.13. The molecule has 3 heteroatoms. The summed E-state index contributed by atoms with van der Waals surface area (Å²) >= 11 is 13.6. The standard InChI is InChI=1S/C25H21Br2Cl/c1-17-3-7-20(8-4-17)24(26)15-22(19-11-13-23(28)14-12-19)16-25(27)21-9-5-18(2)6-10-21/h3-16,22H,1-2H3/b24-15-,25-16+. The van der Waals surface area contributed by atoms with Crippen LogP contribution in [0.4, 0.5) is 0 Å². The molecule has 1 unspecified atom stereocenters. The zero-order valence-corrected chi connectivity index (χ0v) is 19.7. The van der Waals surface area contributed by atoms with Crippen LogP contribution in [-0.4, -0.2) is 0 Å². The Morgan fingerprint density at radius 1 is 0.679 bits per heavy atom. The van der Waals surface area contributed by atoms with Crippen LogP contribution in [0.2, 0.25) is 5.02 Å². The van der Waals surface area contributed by atoms with E-state index in [1.165, 1.54) is 16.7 Å². The van der Waals surface area contributed by atoms with Crippen LogP contribution < -0.4 is 0 Å². The van der Waals surface area contributed by atoms with E-state index >= 15 is 0 Å². The van der Waals surface area contributed by atoms with Gasteiger partial charge in [-0.05, 0) is 42.7 Å². The molecule has 0 nitrogen and oxygen atoms in total. The van der Waals surface area contributed by atoms with Crippen LogP contribution in [0.15, 0.2) is 84.9 Å². The molecule has 142 valence electrons. The monoisotopic (exact) mass is 514 g/mol. The van der Waals surface area contributed by atoms with Crippen LogP contribution in [0.25, 0.3) is 8.96 Å². The molecule has 3 rings (SSSR count). The van der Waals surface area contributed by atoms with Crippen LogP contribution in [0.3, 0.4) is 0 Å². The SMILES string of the molecule is Cc1ccc(/C(Br)=C/C(/C=C(/Br)c2ccc(C)cc2)c2ccc(Cl)cc2)cc1. The van der Waals surface area contributed by atoms with E-state index in [1.807, 2.05) is 12.1 Å². The maximum atomic E-state index is 6.10. The minimum Gasteiger partial charge on any atom is -0.0843 e. The van der Waals surface area contributed by atoms with E-state index in [0.29, 0.717) is 0 Å². The summed E-state index contributed by atoms with van der Waals surface area (Å²) in [4.78, 5) is 0. The van der Waals surface area contributed by atoms with Gasteiger partial charge in [-0.2, -0.15) is 0 Å². The van der Waals surface area contributed by atoms with E-state index in [4.69, 9.17) is 11.6 Å². The maximum Gasteiger partial charge on any atom is 0.0406 e.